The fraction of sp³-hybridized carbons (Fsp3) is 0.429. The van der Waals surface area contributed by atoms with Crippen molar-refractivity contribution in [2.45, 2.75) is 46.6 Å². The Morgan fingerprint density at radius 3 is 2.39 bits per heavy atom. The molecular weight excluding hydrogens is 499 g/mol. The van der Waals surface area contributed by atoms with E-state index < -0.39 is 23.5 Å². The van der Waals surface area contributed by atoms with Crippen molar-refractivity contribution in [3.8, 4) is 5.75 Å². The second-order valence-corrected chi connectivity index (χ2v) is 9.85. The van der Waals surface area contributed by atoms with Crippen LogP contribution in [0.15, 0.2) is 42.0 Å². The van der Waals surface area contributed by atoms with Crippen LogP contribution in [-0.4, -0.2) is 49.4 Å². The van der Waals surface area contributed by atoms with Gasteiger partial charge in [0.05, 0.1) is 48.9 Å². The van der Waals surface area contributed by atoms with E-state index >= 15 is 0 Å². The lowest BCUT2D eigenvalue weighted by Gasteiger charge is -2.29. The number of Topliss-reactive ketones (excluding diaryl/α,β-unsaturated/α-hetero) is 1. The topological polar surface area (TPSA) is 74.1 Å². The number of ether oxygens (including phenoxy) is 1. The monoisotopic (exact) mass is 532 g/mol. The molecule has 8 heteroatoms. The summed E-state index contributed by atoms with van der Waals surface area (Å²) in [5.74, 6) is -1.21. The van der Waals surface area contributed by atoms with Gasteiger partial charge < -0.3 is 19.6 Å². The number of hydrogen-bond acceptors (Lipinski definition) is 4. The predicted octanol–water partition coefficient (Wildman–Crippen LogP) is 3.63. The highest BCUT2D eigenvalue weighted by Gasteiger charge is 2.44. The second kappa shape index (κ2) is 12.6. The Morgan fingerprint density at radius 2 is 1.78 bits per heavy atom. The standard InChI is InChI=1S/C28H34Cl2N2O4/c1-5-8-15-36-23-12-10-20(16-18(23)4)26(33)24-25(19-9-11-21(29)22(30)17-19)32(28(35)27(24)34)14-13-31(6-2)7-3/h9-12,16-17,25,33H,5-8,13-15H2,1-4H3. The Morgan fingerprint density at radius 1 is 1.06 bits per heavy atom. The van der Waals surface area contributed by atoms with Crippen LogP contribution in [0.1, 0.15) is 56.3 Å². The second-order valence-electron chi connectivity index (χ2n) is 9.04. The molecule has 1 aliphatic rings. The largest absolute Gasteiger partial charge is 0.872 e. The van der Waals surface area contributed by atoms with Gasteiger partial charge in [0.25, 0.3) is 5.91 Å². The molecule has 2 aromatic carbocycles. The Balaban J connectivity index is 2.06. The third-order valence-corrected chi connectivity index (χ3v) is 7.43. The SMILES string of the molecule is CCCCOc1ccc(C([O-])=C2C(=O)C(=O)N(CC[NH+](CC)CC)C2c2ccc(Cl)c(Cl)c2)cc1C. The number of likely N-dealkylation sites (tertiary alicyclic amines) is 1. The number of nitrogens with zero attached hydrogens (tertiary/aromatic N) is 1. The van der Waals surface area contributed by atoms with Crippen molar-refractivity contribution in [3.05, 3.63) is 68.7 Å². The fourth-order valence-electron chi connectivity index (χ4n) is 4.45. The number of unbranched alkanes of at least 4 members (excludes halogenated alkanes) is 1. The molecular formula is C28H34Cl2N2O4. The molecule has 2 aromatic rings. The molecule has 1 aliphatic heterocycles. The normalized spacial score (nSPS) is 17.3. The summed E-state index contributed by atoms with van der Waals surface area (Å²) < 4.78 is 5.81. The van der Waals surface area contributed by atoms with Crippen LogP contribution in [-0.2, 0) is 9.59 Å². The molecule has 36 heavy (non-hydrogen) atoms. The molecule has 0 spiro atoms. The van der Waals surface area contributed by atoms with Crippen LogP contribution in [0.5, 0.6) is 5.75 Å². The molecule has 3 rings (SSSR count). The molecule has 0 aromatic heterocycles. The Kier molecular flexibility index (Phi) is 9.83. The Labute approximate surface area is 223 Å². The fourth-order valence-corrected chi connectivity index (χ4v) is 4.75. The van der Waals surface area contributed by atoms with Crippen molar-refractivity contribution in [2.75, 3.05) is 32.8 Å². The molecule has 1 heterocycles. The third kappa shape index (κ3) is 6.05. The first-order valence-electron chi connectivity index (χ1n) is 12.5. The van der Waals surface area contributed by atoms with E-state index in [1.54, 1.807) is 36.4 Å². The third-order valence-electron chi connectivity index (χ3n) is 6.69. The zero-order chi connectivity index (χ0) is 26.4. The van der Waals surface area contributed by atoms with Gasteiger partial charge in [-0.1, -0.05) is 54.4 Å². The van der Waals surface area contributed by atoms with E-state index in [0.717, 1.165) is 31.5 Å². The number of amides is 1. The van der Waals surface area contributed by atoms with Crippen molar-refractivity contribution >= 4 is 40.7 Å². The number of hydrogen-bond donors (Lipinski definition) is 1. The van der Waals surface area contributed by atoms with Crippen molar-refractivity contribution in [3.63, 3.8) is 0 Å². The quantitative estimate of drug-likeness (QED) is 0.207. The molecule has 0 radical (unpaired) electrons. The number of quaternary nitrogens is 1. The van der Waals surface area contributed by atoms with Gasteiger partial charge in [0, 0.05) is 5.57 Å². The minimum Gasteiger partial charge on any atom is -0.872 e. The van der Waals surface area contributed by atoms with Gasteiger partial charge in [-0.3, -0.25) is 9.59 Å². The first-order chi connectivity index (χ1) is 17.2. The maximum absolute atomic E-state index is 13.7. The summed E-state index contributed by atoms with van der Waals surface area (Å²) in [4.78, 5) is 29.2. The van der Waals surface area contributed by atoms with Crippen LogP contribution in [0.25, 0.3) is 5.76 Å². The number of likely N-dealkylation sites (N-methyl/N-ethyl adjacent to an activating group) is 1. The molecule has 194 valence electrons. The van der Waals surface area contributed by atoms with Gasteiger partial charge in [0.15, 0.2) is 0 Å². The van der Waals surface area contributed by atoms with E-state index in [-0.39, 0.29) is 5.57 Å². The van der Waals surface area contributed by atoms with Gasteiger partial charge >= 0.3 is 0 Å². The van der Waals surface area contributed by atoms with Crippen LogP contribution in [0.3, 0.4) is 0 Å². The number of nitrogens with one attached hydrogen (secondary N) is 1. The predicted molar refractivity (Wildman–Crippen MR) is 141 cm³/mol. The minimum atomic E-state index is -0.831. The van der Waals surface area contributed by atoms with Gasteiger partial charge in [-0.2, -0.15) is 0 Å². The van der Waals surface area contributed by atoms with E-state index in [9.17, 15) is 14.7 Å². The molecule has 1 saturated heterocycles. The van der Waals surface area contributed by atoms with Gasteiger partial charge in [0.2, 0.25) is 5.78 Å². The highest BCUT2D eigenvalue weighted by molar-refractivity contribution is 6.46. The number of benzene rings is 2. The number of aryl methyl sites for hydroxylation is 1. The van der Waals surface area contributed by atoms with Crippen molar-refractivity contribution in [1.82, 2.24) is 4.90 Å². The molecule has 0 aliphatic carbocycles. The summed E-state index contributed by atoms with van der Waals surface area (Å²) in [6.07, 6.45) is 1.96. The lowest BCUT2D eigenvalue weighted by molar-refractivity contribution is -0.895. The number of rotatable bonds is 11. The summed E-state index contributed by atoms with van der Waals surface area (Å²) >= 11 is 12.4. The zero-order valence-electron chi connectivity index (χ0n) is 21.3. The highest BCUT2D eigenvalue weighted by Crippen LogP contribution is 2.40. The number of carbonyl (C=O) groups excluding carboxylic acids is 2. The van der Waals surface area contributed by atoms with Gasteiger partial charge in [-0.05, 0) is 68.1 Å². The Hall–Kier alpha value is -2.54. The maximum Gasteiger partial charge on any atom is 0.295 e. The lowest BCUT2D eigenvalue weighted by Crippen LogP contribution is -3.12. The molecule has 6 nitrogen and oxygen atoms in total. The highest BCUT2D eigenvalue weighted by atomic mass is 35.5. The summed E-state index contributed by atoms with van der Waals surface area (Å²) in [7, 11) is 0. The van der Waals surface area contributed by atoms with E-state index in [1.165, 1.54) is 9.80 Å². The molecule has 0 bridgehead atoms. The molecule has 1 N–H and O–H groups in total. The smallest absolute Gasteiger partial charge is 0.295 e. The summed E-state index contributed by atoms with van der Waals surface area (Å²) in [6, 6.07) is 9.23. The van der Waals surface area contributed by atoms with Gasteiger partial charge in [-0.15, -0.1) is 0 Å². The maximum atomic E-state index is 13.7. The van der Waals surface area contributed by atoms with E-state index in [4.69, 9.17) is 27.9 Å². The van der Waals surface area contributed by atoms with Crippen molar-refractivity contribution in [2.24, 2.45) is 0 Å². The van der Waals surface area contributed by atoms with Crippen LogP contribution < -0.4 is 14.7 Å². The molecule has 1 atom stereocenters. The number of ketones is 1. The lowest BCUT2D eigenvalue weighted by atomic mass is 9.94. The zero-order valence-corrected chi connectivity index (χ0v) is 22.8. The van der Waals surface area contributed by atoms with E-state index in [2.05, 4.69) is 20.8 Å². The summed E-state index contributed by atoms with van der Waals surface area (Å²) in [5, 5.41) is 14.4. The average Bonchev–Trinajstić information content (AvgIpc) is 3.12. The van der Waals surface area contributed by atoms with Crippen LogP contribution >= 0.6 is 23.2 Å². The first-order valence-corrected chi connectivity index (χ1v) is 13.3. The van der Waals surface area contributed by atoms with E-state index in [1.807, 2.05) is 6.92 Å². The average molecular weight is 533 g/mol. The number of halogens is 2. The van der Waals surface area contributed by atoms with Crippen LogP contribution in [0, 0.1) is 6.92 Å². The summed E-state index contributed by atoms with van der Waals surface area (Å²) in [5.41, 5.74) is 1.65. The molecule has 1 fully saturated rings. The summed E-state index contributed by atoms with van der Waals surface area (Å²) in [6.45, 7) is 11.5. The van der Waals surface area contributed by atoms with Crippen molar-refractivity contribution < 1.29 is 24.3 Å². The van der Waals surface area contributed by atoms with Crippen LogP contribution in [0.4, 0.5) is 0 Å². The van der Waals surface area contributed by atoms with Gasteiger partial charge in [-0.25, -0.2) is 0 Å². The van der Waals surface area contributed by atoms with E-state index in [0.29, 0.717) is 46.6 Å². The van der Waals surface area contributed by atoms with Gasteiger partial charge in [0.1, 0.15) is 5.75 Å². The van der Waals surface area contributed by atoms with Crippen LogP contribution in [0.2, 0.25) is 10.0 Å². The number of carbonyl (C=O) groups is 2. The Bertz CT molecular complexity index is 1140. The molecule has 0 saturated carbocycles. The minimum absolute atomic E-state index is 0.0630. The molecule has 1 unspecified atom stereocenters. The van der Waals surface area contributed by atoms with Crippen molar-refractivity contribution in [1.29, 1.82) is 0 Å². The molecule has 1 amide bonds. The first kappa shape index (κ1) is 28.0.